The van der Waals surface area contributed by atoms with Crippen LogP contribution in [0.4, 0.5) is 8.78 Å². The lowest BCUT2D eigenvalue weighted by molar-refractivity contribution is -0.133. The number of benzene rings is 2. The highest BCUT2D eigenvalue weighted by Crippen LogP contribution is 2.32. The molecule has 1 N–H and O–H groups in total. The highest BCUT2D eigenvalue weighted by atomic mass is 32.2. The Labute approximate surface area is 140 Å². The van der Waals surface area contributed by atoms with Crippen molar-refractivity contribution in [3.8, 4) is 5.69 Å². The number of nitrogens with zero attached hydrogens (tertiary/aromatic N) is 3. The molecule has 124 valence electrons. The van der Waals surface area contributed by atoms with E-state index in [0.29, 0.717) is 5.69 Å². The Morgan fingerprint density at radius 2 is 1.92 bits per heavy atom. The monoisotopic (exact) mass is 349 g/mol. The number of aromatic nitrogens is 3. The number of aryl methyl sites for hydroxylation is 1. The maximum Gasteiger partial charge on any atom is 0.313 e. The number of carboxylic acid groups (broad SMARTS) is 1. The van der Waals surface area contributed by atoms with E-state index in [-0.39, 0.29) is 10.9 Å². The van der Waals surface area contributed by atoms with Gasteiger partial charge < -0.3 is 5.11 Å². The SMILES string of the molecule is Cc1ccc(-n2c(SCC(=O)O)nnc2C(F)F)c2ccccc12. The van der Waals surface area contributed by atoms with Crippen molar-refractivity contribution in [3.63, 3.8) is 0 Å². The van der Waals surface area contributed by atoms with E-state index in [4.69, 9.17) is 5.11 Å². The molecule has 0 aliphatic rings. The summed E-state index contributed by atoms with van der Waals surface area (Å²) in [6, 6.07) is 11.0. The average Bonchev–Trinajstić information content (AvgIpc) is 2.97. The predicted octanol–water partition coefficient (Wildman–Crippen LogP) is 3.84. The summed E-state index contributed by atoms with van der Waals surface area (Å²) in [4.78, 5) is 10.8. The van der Waals surface area contributed by atoms with Gasteiger partial charge >= 0.3 is 5.97 Å². The van der Waals surface area contributed by atoms with Crippen LogP contribution >= 0.6 is 11.8 Å². The predicted molar refractivity (Wildman–Crippen MR) is 86.9 cm³/mol. The maximum atomic E-state index is 13.4. The molecule has 0 fully saturated rings. The molecule has 0 unspecified atom stereocenters. The maximum absolute atomic E-state index is 13.4. The fourth-order valence-electron chi connectivity index (χ4n) is 2.50. The smallest absolute Gasteiger partial charge is 0.313 e. The van der Waals surface area contributed by atoms with Crippen LogP contribution in [0.2, 0.25) is 0 Å². The molecule has 0 saturated heterocycles. The number of hydrogen-bond acceptors (Lipinski definition) is 4. The summed E-state index contributed by atoms with van der Waals surface area (Å²) >= 11 is 0.857. The van der Waals surface area contributed by atoms with Gasteiger partial charge in [-0.25, -0.2) is 8.78 Å². The number of alkyl halides is 2. The Hall–Kier alpha value is -2.48. The Kier molecular flexibility index (Phi) is 4.48. The van der Waals surface area contributed by atoms with Crippen LogP contribution in [0, 0.1) is 6.92 Å². The molecule has 1 heterocycles. The molecule has 24 heavy (non-hydrogen) atoms. The van der Waals surface area contributed by atoms with Gasteiger partial charge in [0.05, 0.1) is 11.4 Å². The van der Waals surface area contributed by atoms with Crippen molar-refractivity contribution in [3.05, 3.63) is 47.8 Å². The van der Waals surface area contributed by atoms with E-state index in [2.05, 4.69) is 10.2 Å². The molecule has 0 amide bonds. The highest BCUT2D eigenvalue weighted by molar-refractivity contribution is 7.99. The van der Waals surface area contributed by atoms with E-state index in [9.17, 15) is 13.6 Å². The highest BCUT2D eigenvalue weighted by Gasteiger charge is 2.23. The summed E-state index contributed by atoms with van der Waals surface area (Å²) < 4.78 is 27.9. The minimum atomic E-state index is -2.82. The van der Waals surface area contributed by atoms with Gasteiger partial charge in [0, 0.05) is 5.39 Å². The van der Waals surface area contributed by atoms with Crippen molar-refractivity contribution in [1.29, 1.82) is 0 Å². The Morgan fingerprint density at radius 1 is 1.21 bits per heavy atom. The third-order valence-corrected chi connectivity index (χ3v) is 4.45. The van der Waals surface area contributed by atoms with Crippen molar-refractivity contribution in [2.24, 2.45) is 0 Å². The first-order valence-corrected chi connectivity index (χ1v) is 8.04. The number of thioether (sulfide) groups is 1. The molecule has 0 radical (unpaired) electrons. The van der Waals surface area contributed by atoms with Crippen molar-refractivity contribution >= 4 is 28.5 Å². The van der Waals surface area contributed by atoms with Crippen LogP contribution in [-0.2, 0) is 4.79 Å². The second-order valence-electron chi connectivity index (χ2n) is 5.11. The van der Waals surface area contributed by atoms with Crippen molar-refractivity contribution in [2.45, 2.75) is 18.5 Å². The quantitative estimate of drug-likeness (QED) is 0.709. The van der Waals surface area contributed by atoms with Crippen LogP contribution in [-0.4, -0.2) is 31.6 Å². The second kappa shape index (κ2) is 6.56. The molecular formula is C16H13F2N3O2S. The van der Waals surface area contributed by atoms with Gasteiger partial charge in [-0.1, -0.05) is 42.1 Å². The molecule has 2 aromatic carbocycles. The molecule has 3 aromatic rings. The summed E-state index contributed by atoms with van der Waals surface area (Å²) in [6.07, 6.45) is -2.82. The zero-order valence-electron chi connectivity index (χ0n) is 12.6. The minimum Gasteiger partial charge on any atom is -0.481 e. The zero-order valence-corrected chi connectivity index (χ0v) is 13.4. The lowest BCUT2D eigenvalue weighted by atomic mass is 10.0. The van der Waals surface area contributed by atoms with E-state index in [1.807, 2.05) is 37.3 Å². The van der Waals surface area contributed by atoms with Gasteiger partial charge in [-0.15, -0.1) is 10.2 Å². The van der Waals surface area contributed by atoms with Gasteiger partial charge in [-0.05, 0) is 23.9 Å². The van der Waals surface area contributed by atoms with Gasteiger partial charge in [0.15, 0.2) is 5.16 Å². The van der Waals surface area contributed by atoms with Crippen LogP contribution in [0.5, 0.6) is 0 Å². The van der Waals surface area contributed by atoms with Gasteiger partial charge in [0.2, 0.25) is 5.82 Å². The molecule has 0 spiro atoms. The van der Waals surface area contributed by atoms with Crippen LogP contribution in [0.25, 0.3) is 16.5 Å². The van der Waals surface area contributed by atoms with Gasteiger partial charge in [0.1, 0.15) is 0 Å². The minimum absolute atomic E-state index is 0.127. The molecule has 0 atom stereocenters. The first kappa shape index (κ1) is 16.4. The Bertz CT molecular complexity index is 911. The van der Waals surface area contributed by atoms with Crippen LogP contribution in [0.3, 0.4) is 0 Å². The van der Waals surface area contributed by atoms with Gasteiger partial charge in [-0.2, -0.15) is 0 Å². The Morgan fingerprint density at radius 3 is 2.58 bits per heavy atom. The van der Waals surface area contributed by atoms with Crippen LogP contribution < -0.4 is 0 Å². The number of hydrogen-bond donors (Lipinski definition) is 1. The third kappa shape index (κ3) is 2.96. The van der Waals surface area contributed by atoms with Crippen molar-refractivity contribution < 1.29 is 18.7 Å². The summed E-state index contributed by atoms with van der Waals surface area (Å²) in [5, 5.41) is 18.0. The lowest BCUT2D eigenvalue weighted by Gasteiger charge is -2.13. The number of halogens is 2. The van der Waals surface area contributed by atoms with Crippen LogP contribution in [0.15, 0.2) is 41.6 Å². The molecule has 3 rings (SSSR count). The fourth-order valence-corrected chi connectivity index (χ4v) is 3.17. The molecule has 0 saturated carbocycles. The van der Waals surface area contributed by atoms with E-state index in [1.54, 1.807) is 6.07 Å². The second-order valence-corrected chi connectivity index (χ2v) is 6.05. The van der Waals surface area contributed by atoms with Crippen molar-refractivity contribution in [1.82, 2.24) is 14.8 Å². The van der Waals surface area contributed by atoms with E-state index in [0.717, 1.165) is 28.1 Å². The standard InChI is InChI=1S/C16H13F2N3O2S/c1-9-6-7-12(11-5-3-2-4-10(9)11)21-15(14(17)18)19-20-16(21)24-8-13(22)23/h2-7,14H,8H2,1H3,(H,22,23). The molecule has 8 heteroatoms. The van der Waals surface area contributed by atoms with Crippen molar-refractivity contribution in [2.75, 3.05) is 5.75 Å². The molecule has 5 nitrogen and oxygen atoms in total. The molecule has 0 aliphatic heterocycles. The normalized spacial score (nSPS) is 11.3. The molecule has 0 aliphatic carbocycles. The van der Waals surface area contributed by atoms with Gasteiger partial charge in [-0.3, -0.25) is 9.36 Å². The summed E-state index contributed by atoms with van der Waals surface area (Å²) in [5.41, 5.74) is 1.52. The summed E-state index contributed by atoms with van der Waals surface area (Å²) in [5.74, 6) is -1.84. The zero-order chi connectivity index (χ0) is 17.3. The van der Waals surface area contributed by atoms with Crippen LogP contribution in [0.1, 0.15) is 17.8 Å². The Balaban J connectivity index is 2.23. The fraction of sp³-hybridized carbons (Fsp3) is 0.188. The molecular weight excluding hydrogens is 336 g/mol. The molecule has 0 bridgehead atoms. The summed E-state index contributed by atoms with van der Waals surface area (Å²) in [7, 11) is 0. The first-order chi connectivity index (χ1) is 11.5. The number of rotatable bonds is 5. The number of carbonyl (C=O) groups is 1. The topological polar surface area (TPSA) is 68.0 Å². The van der Waals surface area contributed by atoms with E-state index >= 15 is 0 Å². The van der Waals surface area contributed by atoms with Gasteiger partial charge in [0.25, 0.3) is 6.43 Å². The average molecular weight is 349 g/mol. The number of carboxylic acids is 1. The largest absolute Gasteiger partial charge is 0.481 e. The van der Waals surface area contributed by atoms with E-state index in [1.165, 1.54) is 4.57 Å². The number of fused-ring (bicyclic) bond motifs is 1. The van der Waals surface area contributed by atoms with E-state index < -0.39 is 18.2 Å². The first-order valence-electron chi connectivity index (χ1n) is 7.06. The lowest BCUT2D eigenvalue weighted by Crippen LogP contribution is -2.06. The summed E-state index contributed by atoms with van der Waals surface area (Å²) in [6.45, 7) is 1.94. The third-order valence-electron chi connectivity index (χ3n) is 3.54. The number of aliphatic carboxylic acids is 1. The molecule has 1 aromatic heterocycles.